The molecule has 1 atom stereocenters. The van der Waals surface area contributed by atoms with Gasteiger partial charge < -0.3 is 4.74 Å². The van der Waals surface area contributed by atoms with Crippen LogP contribution in [0, 0.1) is 5.92 Å². The van der Waals surface area contributed by atoms with Crippen molar-refractivity contribution in [1.29, 1.82) is 0 Å². The molecular formula is C10H20ClNO3S. The molecular weight excluding hydrogens is 250 g/mol. The van der Waals surface area contributed by atoms with Crippen LogP contribution in [-0.4, -0.2) is 50.7 Å². The monoisotopic (exact) mass is 269 g/mol. The quantitative estimate of drug-likeness (QED) is 0.655. The minimum absolute atomic E-state index is 0.151. The van der Waals surface area contributed by atoms with E-state index in [-0.39, 0.29) is 5.75 Å². The Morgan fingerprint density at radius 3 is 2.75 bits per heavy atom. The van der Waals surface area contributed by atoms with Crippen molar-refractivity contribution in [3.63, 3.8) is 0 Å². The first kappa shape index (κ1) is 14.2. The van der Waals surface area contributed by atoms with Gasteiger partial charge in [-0.05, 0) is 18.8 Å². The molecule has 96 valence electrons. The largest absolute Gasteiger partial charge is 0.381 e. The highest BCUT2D eigenvalue weighted by molar-refractivity contribution is 7.89. The molecule has 0 amide bonds. The number of hydrogen-bond acceptors (Lipinski definition) is 3. The standard InChI is InChI=1S/C10H20ClNO3S/c1-2-12(8-10-4-6-15-9-10)16(13,14)7-3-5-11/h10H,2-9H2,1H3. The molecule has 1 unspecified atom stereocenters. The van der Waals surface area contributed by atoms with Crippen LogP contribution in [0.3, 0.4) is 0 Å². The van der Waals surface area contributed by atoms with Crippen LogP contribution in [-0.2, 0) is 14.8 Å². The third-order valence-corrected chi connectivity index (χ3v) is 5.03. The molecule has 1 rings (SSSR count). The Hall–Kier alpha value is 0.160. The topological polar surface area (TPSA) is 46.6 Å². The van der Waals surface area contributed by atoms with E-state index in [2.05, 4.69) is 0 Å². The van der Waals surface area contributed by atoms with E-state index in [9.17, 15) is 8.42 Å². The number of alkyl halides is 1. The van der Waals surface area contributed by atoms with Gasteiger partial charge in [0.05, 0.1) is 12.4 Å². The van der Waals surface area contributed by atoms with Crippen molar-refractivity contribution in [2.75, 3.05) is 37.9 Å². The van der Waals surface area contributed by atoms with Crippen LogP contribution in [0.15, 0.2) is 0 Å². The maximum Gasteiger partial charge on any atom is 0.214 e. The van der Waals surface area contributed by atoms with Gasteiger partial charge in [-0.1, -0.05) is 6.92 Å². The van der Waals surface area contributed by atoms with E-state index in [4.69, 9.17) is 16.3 Å². The lowest BCUT2D eigenvalue weighted by Crippen LogP contribution is -2.37. The minimum atomic E-state index is -3.13. The third kappa shape index (κ3) is 4.20. The van der Waals surface area contributed by atoms with Crippen LogP contribution in [0.25, 0.3) is 0 Å². The Morgan fingerprint density at radius 1 is 1.50 bits per heavy atom. The number of hydrogen-bond donors (Lipinski definition) is 0. The fourth-order valence-electron chi connectivity index (χ4n) is 1.82. The van der Waals surface area contributed by atoms with Crippen molar-refractivity contribution < 1.29 is 13.2 Å². The molecule has 0 aliphatic carbocycles. The molecule has 0 aromatic rings. The Bertz CT molecular complexity index is 288. The zero-order valence-electron chi connectivity index (χ0n) is 9.69. The number of rotatable bonds is 7. The van der Waals surface area contributed by atoms with Crippen molar-refractivity contribution in [3.05, 3.63) is 0 Å². The highest BCUT2D eigenvalue weighted by atomic mass is 35.5. The average molecular weight is 270 g/mol. The summed E-state index contributed by atoms with van der Waals surface area (Å²) in [6.07, 6.45) is 1.48. The van der Waals surface area contributed by atoms with E-state index >= 15 is 0 Å². The summed E-state index contributed by atoms with van der Waals surface area (Å²) in [6.45, 7) is 4.42. The molecule has 0 bridgehead atoms. The van der Waals surface area contributed by atoms with Gasteiger partial charge in [0, 0.05) is 25.6 Å². The number of sulfonamides is 1. The number of halogens is 1. The van der Waals surface area contributed by atoms with E-state index in [1.54, 1.807) is 4.31 Å². The molecule has 0 aromatic heterocycles. The fourth-order valence-corrected chi connectivity index (χ4v) is 3.71. The maximum atomic E-state index is 11.9. The first-order chi connectivity index (χ1) is 7.60. The van der Waals surface area contributed by atoms with Gasteiger partial charge in [-0.3, -0.25) is 0 Å². The highest BCUT2D eigenvalue weighted by Gasteiger charge is 2.25. The summed E-state index contributed by atoms with van der Waals surface area (Å²) < 4.78 is 30.7. The Kier molecular flexibility index (Phi) is 6.03. The van der Waals surface area contributed by atoms with E-state index in [0.29, 0.717) is 37.9 Å². The lowest BCUT2D eigenvalue weighted by Gasteiger charge is -2.22. The summed E-state index contributed by atoms with van der Waals surface area (Å²) in [4.78, 5) is 0. The molecule has 16 heavy (non-hydrogen) atoms. The molecule has 1 saturated heterocycles. The Balaban J connectivity index is 2.51. The van der Waals surface area contributed by atoms with Crippen LogP contribution in [0.5, 0.6) is 0 Å². The predicted molar refractivity (Wildman–Crippen MR) is 65.3 cm³/mol. The summed E-state index contributed by atoms with van der Waals surface area (Å²) in [5.41, 5.74) is 0. The van der Waals surface area contributed by atoms with Gasteiger partial charge in [0.1, 0.15) is 0 Å². The van der Waals surface area contributed by atoms with E-state index in [1.807, 2.05) is 6.92 Å². The lowest BCUT2D eigenvalue weighted by molar-refractivity contribution is 0.181. The lowest BCUT2D eigenvalue weighted by atomic mass is 10.1. The molecule has 0 spiro atoms. The van der Waals surface area contributed by atoms with Crippen molar-refractivity contribution in [2.24, 2.45) is 5.92 Å². The molecule has 0 aromatic carbocycles. The number of nitrogens with zero attached hydrogens (tertiary/aromatic N) is 1. The maximum absolute atomic E-state index is 11.9. The van der Waals surface area contributed by atoms with Gasteiger partial charge in [0.25, 0.3) is 0 Å². The predicted octanol–water partition coefficient (Wildman–Crippen LogP) is 1.30. The summed E-state index contributed by atoms with van der Waals surface area (Å²) in [7, 11) is -3.13. The van der Waals surface area contributed by atoms with Crippen molar-refractivity contribution in [2.45, 2.75) is 19.8 Å². The van der Waals surface area contributed by atoms with Gasteiger partial charge in [-0.2, -0.15) is 0 Å². The smallest absolute Gasteiger partial charge is 0.214 e. The minimum Gasteiger partial charge on any atom is -0.381 e. The van der Waals surface area contributed by atoms with Crippen LogP contribution in [0.2, 0.25) is 0 Å². The van der Waals surface area contributed by atoms with Gasteiger partial charge in [0.2, 0.25) is 10.0 Å². The molecule has 1 fully saturated rings. The Morgan fingerprint density at radius 2 is 2.25 bits per heavy atom. The Labute approximate surface area is 103 Å². The zero-order valence-corrected chi connectivity index (χ0v) is 11.3. The highest BCUT2D eigenvalue weighted by Crippen LogP contribution is 2.16. The number of ether oxygens (including phenoxy) is 1. The third-order valence-electron chi connectivity index (χ3n) is 2.77. The van der Waals surface area contributed by atoms with Crippen LogP contribution in [0.1, 0.15) is 19.8 Å². The van der Waals surface area contributed by atoms with Crippen molar-refractivity contribution in [3.8, 4) is 0 Å². The first-order valence-electron chi connectivity index (χ1n) is 5.71. The second-order valence-electron chi connectivity index (χ2n) is 4.04. The molecule has 0 saturated carbocycles. The second kappa shape index (κ2) is 6.79. The summed E-state index contributed by atoms with van der Waals surface area (Å²) in [5.74, 6) is 0.895. The molecule has 1 aliphatic rings. The average Bonchev–Trinajstić information content (AvgIpc) is 2.75. The first-order valence-corrected chi connectivity index (χ1v) is 7.86. The van der Waals surface area contributed by atoms with Gasteiger partial charge >= 0.3 is 0 Å². The van der Waals surface area contributed by atoms with Crippen LogP contribution >= 0.6 is 11.6 Å². The second-order valence-corrected chi connectivity index (χ2v) is 6.51. The van der Waals surface area contributed by atoms with Gasteiger partial charge in [-0.25, -0.2) is 12.7 Å². The zero-order chi connectivity index (χ0) is 12.0. The van der Waals surface area contributed by atoms with Crippen molar-refractivity contribution in [1.82, 2.24) is 4.31 Å². The van der Waals surface area contributed by atoms with E-state index < -0.39 is 10.0 Å². The van der Waals surface area contributed by atoms with Gasteiger partial charge in [0.15, 0.2) is 0 Å². The van der Waals surface area contributed by atoms with E-state index in [0.717, 1.165) is 13.0 Å². The van der Waals surface area contributed by atoms with E-state index in [1.165, 1.54) is 0 Å². The van der Waals surface area contributed by atoms with Crippen molar-refractivity contribution >= 4 is 21.6 Å². The molecule has 6 heteroatoms. The van der Waals surface area contributed by atoms with Crippen LogP contribution in [0.4, 0.5) is 0 Å². The molecule has 4 nitrogen and oxygen atoms in total. The summed E-state index contributed by atoms with van der Waals surface area (Å²) >= 11 is 5.52. The summed E-state index contributed by atoms with van der Waals surface area (Å²) in [6, 6.07) is 0. The molecule has 0 N–H and O–H groups in total. The van der Waals surface area contributed by atoms with Gasteiger partial charge in [-0.15, -0.1) is 11.6 Å². The summed E-state index contributed by atoms with van der Waals surface area (Å²) in [5, 5.41) is 0. The van der Waals surface area contributed by atoms with Crippen LogP contribution < -0.4 is 0 Å². The SMILES string of the molecule is CCN(CC1CCOC1)S(=O)(=O)CCCCl. The molecule has 1 heterocycles. The normalized spacial score (nSPS) is 21.8. The molecule has 1 aliphatic heterocycles. The fraction of sp³-hybridized carbons (Fsp3) is 1.00. The molecule has 0 radical (unpaired) electrons.